The Morgan fingerprint density at radius 2 is 2.38 bits per heavy atom. The van der Waals surface area contributed by atoms with Gasteiger partial charge in [0.15, 0.2) is 11.8 Å². The fraction of sp³-hybridized carbons (Fsp3) is 0.429. The molecule has 72 valence electrons. The fourth-order valence-corrected chi connectivity index (χ4v) is 0.749. The van der Waals surface area contributed by atoms with Crippen LogP contribution in [0.1, 0.15) is 11.8 Å². The van der Waals surface area contributed by atoms with Crippen molar-refractivity contribution in [2.75, 3.05) is 19.0 Å². The van der Waals surface area contributed by atoms with E-state index in [9.17, 15) is 4.79 Å². The Morgan fingerprint density at radius 1 is 1.77 bits per heavy atom. The van der Waals surface area contributed by atoms with Gasteiger partial charge in [0.1, 0.15) is 0 Å². The molecule has 1 aromatic rings. The summed E-state index contributed by atoms with van der Waals surface area (Å²) in [6.07, 6.45) is 1.31. The minimum absolute atomic E-state index is 0.149. The standard InChI is InChI=1S/C7H11N3O3/c1-10(2)7-9-3-4(13-7)5(8)6(11)12/h3,5H,8H2,1-2H3,(H,11,12). The lowest BCUT2D eigenvalue weighted by molar-refractivity contribution is -0.139. The van der Waals surface area contributed by atoms with Gasteiger partial charge in [0.25, 0.3) is 6.01 Å². The first kappa shape index (κ1) is 9.53. The Hall–Kier alpha value is -1.56. The number of aromatic nitrogens is 1. The minimum Gasteiger partial charge on any atom is -0.480 e. The van der Waals surface area contributed by atoms with Gasteiger partial charge < -0.3 is 20.2 Å². The van der Waals surface area contributed by atoms with Crippen molar-refractivity contribution in [2.45, 2.75) is 6.04 Å². The van der Waals surface area contributed by atoms with Crippen LogP contribution in [0.25, 0.3) is 0 Å². The molecule has 13 heavy (non-hydrogen) atoms. The van der Waals surface area contributed by atoms with Gasteiger partial charge >= 0.3 is 5.97 Å². The molecule has 0 bridgehead atoms. The number of carbonyl (C=O) groups is 1. The van der Waals surface area contributed by atoms with Gasteiger partial charge in [-0.25, -0.2) is 4.98 Å². The molecule has 6 nitrogen and oxygen atoms in total. The highest BCUT2D eigenvalue weighted by molar-refractivity contribution is 5.74. The highest BCUT2D eigenvalue weighted by atomic mass is 16.4. The molecule has 0 radical (unpaired) electrons. The molecular weight excluding hydrogens is 174 g/mol. The van der Waals surface area contributed by atoms with Crippen LogP contribution in [0.4, 0.5) is 6.01 Å². The van der Waals surface area contributed by atoms with Crippen molar-refractivity contribution in [1.29, 1.82) is 0 Å². The molecule has 6 heteroatoms. The highest BCUT2D eigenvalue weighted by Crippen LogP contribution is 2.16. The van der Waals surface area contributed by atoms with Crippen LogP contribution in [0.2, 0.25) is 0 Å². The minimum atomic E-state index is -1.15. The fourth-order valence-electron chi connectivity index (χ4n) is 0.749. The van der Waals surface area contributed by atoms with Crippen LogP contribution in [-0.4, -0.2) is 30.2 Å². The van der Waals surface area contributed by atoms with E-state index in [1.165, 1.54) is 6.20 Å². The second kappa shape index (κ2) is 3.44. The molecule has 1 unspecified atom stereocenters. The molecular formula is C7H11N3O3. The van der Waals surface area contributed by atoms with Gasteiger partial charge in [-0.15, -0.1) is 0 Å². The molecule has 0 spiro atoms. The zero-order valence-electron chi connectivity index (χ0n) is 7.39. The summed E-state index contributed by atoms with van der Waals surface area (Å²) in [5.41, 5.74) is 5.30. The van der Waals surface area contributed by atoms with E-state index in [-0.39, 0.29) is 5.76 Å². The molecule has 0 amide bonds. The van der Waals surface area contributed by atoms with Crippen LogP contribution < -0.4 is 10.6 Å². The summed E-state index contributed by atoms with van der Waals surface area (Å²) < 4.78 is 5.08. The van der Waals surface area contributed by atoms with E-state index in [0.29, 0.717) is 6.01 Å². The van der Waals surface area contributed by atoms with Crippen molar-refractivity contribution in [1.82, 2.24) is 4.98 Å². The summed E-state index contributed by atoms with van der Waals surface area (Å²) in [4.78, 5) is 15.9. The largest absolute Gasteiger partial charge is 0.480 e. The van der Waals surface area contributed by atoms with Gasteiger partial charge in [0.2, 0.25) is 0 Å². The number of rotatable bonds is 3. The van der Waals surface area contributed by atoms with E-state index in [4.69, 9.17) is 15.3 Å². The first-order valence-corrected chi connectivity index (χ1v) is 3.64. The van der Waals surface area contributed by atoms with E-state index < -0.39 is 12.0 Å². The monoisotopic (exact) mass is 185 g/mol. The van der Waals surface area contributed by atoms with Crippen molar-refractivity contribution in [2.24, 2.45) is 5.73 Å². The second-order valence-electron chi connectivity index (χ2n) is 2.76. The molecule has 0 aliphatic carbocycles. The van der Waals surface area contributed by atoms with Crippen LogP contribution in [-0.2, 0) is 4.79 Å². The third-order valence-corrected chi connectivity index (χ3v) is 1.47. The van der Waals surface area contributed by atoms with Gasteiger partial charge in [0, 0.05) is 14.1 Å². The molecule has 0 aromatic carbocycles. The Labute approximate surface area is 75.0 Å². The number of aliphatic carboxylic acids is 1. The zero-order chi connectivity index (χ0) is 10.0. The summed E-state index contributed by atoms with van der Waals surface area (Å²) >= 11 is 0. The zero-order valence-corrected chi connectivity index (χ0v) is 7.39. The number of nitrogens with two attached hydrogens (primary N) is 1. The van der Waals surface area contributed by atoms with Crippen LogP contribution in [0.3, 0.4) is 0 Å². The van der Waals surface area contributed by atoms with Crippen molar-refractivity contribution < 1.29 is 14.3 Å². The number of oxazole rings is 1. The molecule has 1 aromatic heterocycles. The van der Waals surface area contributed by atoms with Gasteiger partial charge in [-0.05, 0) is 0 Å². The Bertz CT molecular complexity index is 308. The van der Waals surface area contributed by atoms with E-state index in [0.717, 1.165) is 0 Å². The van der Waals surface area contributed by atoms with Gasteiger partial charge in [-0.1, -0.05) is 0 Å². The van der Waals surface area contributed by atoms with Crippen molar-refractivity contribution in [3.8, 4) is 0 Å². The summed E-state index contributed by atoms with van der Waals surface area (Å²) in [7, 11) is 3.48. The summed E-state index contributed by atoms with van der Waals surface area (Å²) in [5, 5.41) is 8.56. The number of hydrogen-bond donors (Lipinski definition) is 2. The second-order valence-corrected chi connectivity index (χ2v) is 2.76. The van der Waals surface area contributed by atoms with Gasteiger partial charge in [-0.3, -0.25) is 4.79 Å². The Morgan fingerprint density at radius 3 is 2.77 bits per heavy atom. The maximum Gasteiger partial charge on any atom is 0.328 e. The number of carboxylic acids is 1. The molecule has 3 N–H and O–H groups in total. The topological polar surface area (TPSA) is 92.6 Å². The Kier molecular flexibility index (Phi) is 2.52. The normalized spacial score (nSPS) is 12.5. The van der Waals surface area contributed by atoms with E-state index in [1.807, 2.05) is 0 Å². The van der Waals surface area contributed by atoms with E-state index in [2.05, 4.69) is 4.98 Å². The number of hydrogen-bond acceptors (Lipinski definition) is 5. The summed E-state index contributed by atoms with van der Waals surface area (Å²) in [6, 6.07) is -0.812. The first-order chi connectivity index (χ1) is 6.02. The molecule has 0 aliphatic rings. The number of carboxylic acid groups (broad SMARTS) is 1. The maximum atomic E-state index is 10.5. The molecule has 1 heterocycles. The average molecular weight is 185 g/mol. The van der Waals surface area contributed by atoms with Crippen LogP contribution in [0.15, 0.2) is 10.6 Å². The van der Waals surface area contributed by atoms with E-state index in [1.54, 1.807) is 19.0 Å². The molecule has 0 saturated carbocycles. The van der Waals surface area contributed by atoms with Crippen molar-refractivity contribution in [3.05, 3.63) is 12.0 Å². The van der Waals surface area contributed by atoms with Crippen LogP contribution in [0, 0.1) is 0 Å². The van der Waals surface area contributed by atoms with Crippen molar-refractivity contribution >= 4 is 12.0 Å². The predicted octanol–water partition coefficient (Wildman–Crippen LogP) is -0.175. The highest BCUT2D eigenvalue weighted by Gasteiger charge is 2.19. The third kappa shape index (κ3) is 1.97. The van der Waals surface area contributed by atoms with Gasteiger partial charge in [0.05, 0.1) is 6.20 Å². The van der Waals surface area contributed by atoms with Crippen LogP contribution in [0.5, 0.6) is 0 Å². The Balaban J connectivity index is 2.85. The molecule has 0 saturated heterocycles. The smallest absolute Gasteiger partial charge is 0.328 e. The number of anilines is 1. The molecule has 0 fully saturated rings. The first-order valence-electron chi connectivity index (χ1n) is 3.64. The average Bonchev–Trinajstić information content (AvgIpc) is 2.50. The lowest BCUT2D eigenvalue weighted by Crippen LogP contribution is -2.19. The predicted molar refractivity (Wildman–Crippen MR) is 45.4 cm³/mol. The lowest BCUT2D eigenvalue weighted by Gasteiger charge is -2.05. The summed E-state index contributed by atoms with van der Waals surface area (Å²) in [5.74, 6) is -0.988. The quantitative estimate of drug-likeness (QED) is 0.678. The number of nitrogens with zero attached hydrogens (tertiary/aromatic N) is 2. The van der Waals surface area contributed by atoms with Gasteiger partial charge in [-0.2, -0.15) is 0 Å². The SMILES string of the molecule is CN(C)c1ncc(C(N)C(=O)O)o1. The lowest BCUT2D eigenvalue weighted by atomic mass is 10.3. The third-order valence-electron chi connectivity index (χ3n) is 1.47. The van der Waals surface area contributed by atoms with Crippen molar-refractivity contribution in [3.63, 3.8) is 0 Å². The molecule has 0 aliphatic heterocycles. The maximum absolute atomic E-state index is 10.5. The summed E-state index contributed by atoms with van der Waals surface area (Å²) in [6.45, 7) is 0. The van der Waals surface area contributed by atoms with Crippen LogP contribution >= 0.6 is 0 Å². The molecule has 1 rings (SSSR count). The van der Waals surface area contributed by atoms with E-state index >= 15 is 0 Å². The molecule has 1 atom stereocenters.